The number of carbonyl (C=O) groups is 1. The van der Waals surface area contributed by atoms with E-state index < -0.39 is 0 Å². The molecule has 0 atom stereocenters. The summed E-state index contributed by atoms with van der Waals surface area (Å²) in [7, 11) is 0. The number of aryl methyl sites for hydroxylation is 3. The minimum atomic E-state index is -0.163. The molecule has 8 heteroatoms. The van der Waals surface area contributed by atoms with Crippen LogP contribution in [0.25, 0.3) is 5.13 Å². The smallest absolute Gasteiger partial charge is 0.267 e. The fourth-order valence-electron chi connectivity index (χ4n) is 3.97. The maximum atomic E-state index is 12.9. The van der Waals surface area contributed by atoms with E-state index >= 15 is 0 Å². The number of benzene rings is 2. The van der Waals surface area contributed by atoms with Crippen LogP contribution < -0.4 is 14.8 Å². The van der Waals surface area contributed by atoms with Gasteiger partial charge in [-0.25, -0.2) is 9.67 Å². The van der Waals surface area contributed by atoms with E-state index in [1.165, 1.54) is 11.3 Å². The number of aromatic nitrogens is 3. The van der Waals surface area contributed by atoms with Gasteiger partial charge in [0.15, 0.2) is 11.5 Å². The molecule has 168 valence electrons. The van der Waals surface area contributed by atoms with Gasteiger partial charge in [-0.1, -0.05) is 29.5 Å². The average molecular weight is 461 g/mol. The van der Waals surface area contributed by atoms with Crippen molar-refractivity contribution in [3.05, 3.63) is 81.1 Å². The van der Waals surface area contributed by atoms with Gasteiger partial charge in [-0.15, -0.1) is 0 Å². The van der Waals surface area contributed by atoms with E-state index in [2.05, 4.69) is 10.3 Å². The van der Waals surface area contributed by atoms with E-state index in [0.29, 0.717) is 15.7 Å². The molecule has 2 aromatic carbocycles. The van der Waals surface area contributed by atoms with Crippen LogP contribution in [0.2, 0.25) is 0 Å². The van der Waals surface area contributed by atoms with Crippen LogP contribution in [0.5, 0.6) is 11.5 Å². The van der Waals surface area contributed by atoms with Crippen molar-refractivity contribution < 1.29 is 14.3 Å². The number of hydrogen-bond acceptors (Lipinski definition) is 6. The molecule has 33 heavy (non-hydrogen) atoms. The topological polar surface area (TPSA) is 78.3 Å². The third-order valence-electron chi connectivity index (χ3n) is 5.71. The Bertz CT molecular complexity index is 1370. The Labute approximate surface area is 196 Å². The summed E-state index contributed by atoms with van der Waals surface area (Å²) < 4.78 is 12.8. The van der Waals surface area contributed by atoms with Gasteiger partial charge in [0, 0.05) is 23.4 Å². The summed E-state index contributed by atoms with van der Waals surface area (Å²) in [5.74, 6) is 1.39. The van der Waals surface area contributed by atoms with Crippen LogP contribution in [0, 0.1) is 27.7 Å². The molecular weight excluding hydrogens is 436 g/mol. The Morgan fingerprint density at radius 3 is 2.70 bits per heavy atom. The Morgan fingerprint density at radius 1 is 1.06 bits per heavy atom. The highest BCUT2D eigenvalue weighted by Gasteiger charge is 2.21. The van der Waals surface area contributed by atoms with Crippen molar-refractivity contribution in [2.45, 2.75) is 34.1 Å². The first-order valence-electron chi connectivity index (χ1n) is 10.7. The van der Waals surface area contributed by atoms with Crippen LogP contribution in [0.4, 0.5) is 5.69 Å². The van der Waals surface area contributed by atoms with E-state index in [1.54, 1.807) is 0 Å². The number of rotatable bonds is 5. The second-order valence-corrected chi connectivity index (χ2v) is 9.14. The van der Waals surface area contributed by atoms with Crippen LogP contribution in [0.15, 0.2) is 42.5 Å². The zero-order chi connectivity index (χ0) is 23.1. The summed E-state index contributed by atoms with van der Waals surface area (Å²) in [6.07, 6.45) is 0.722. The van der Waals surface area contributed by atoms with Gasteiger partial charge in [0.25, 0.3) is 5.91 Å². The molecule has 1 amide bonds. The van der Waals surface area contributed by atoms with E-state index in [0.717, 1.165) is 51.7 Å². The fourth-order valence-corrected chi connectivity index (χ4v) is 4.93. The molecule has 4 aromatic rings. The molecule has 0 aliphatic carbocycles. The first kappa shape index (κ1) is 21.2. The molecule has 2 aromatic heterocycles. The van der Waals surface area contributed by atoms with Crippen molar-refractivity contribution in [2.75, 3.05) is 12.1 Å². The van der Waals surface area contributed by atoms with Gasteiger partial charge >= 0.3 is 0 Å². The average Bonchev–Trinajstić information content (AvgIpc) is 3.47. The predicted octanol–water partition coefficient (Wildman–Crippen LogP) is 5.13. The molecule has 5 rings (SSSR count). The fraction of sp³-hybridized carbons (Fsp3) is 0.240. The second-order valence-electron chi connectivity index (χ2n) is 8.16. The normalized spacial score (nSPS) is 12.2. The third-order valence-corrected chi connectivity index (χ3v) is 6.84. The molecule has 7 nitrogen and oxygen atoms in total. The highest BCUT2D eigenvalue weighted by Crippen LogP contribution is 2.34. The van der Waals surface area contributed by atoms with E-state index in [1.807, 2.05) is 74.8 Å². The minimum absolute atomic E-state index is 0.163. The molecule has 1 aliphatic rings. The summed E-state index contributed by atoms with van der Waals surface area (Å²) in [6.45, 7) is 8.14. The molecule has 0 fully saturated rings. The molecular formula is C25H24N4O3S. The summed E-state index contributed by atoms with van der Waals surface area (Å²) >= 11 is 1.34. The third kappa shape index (κ3) is 4.09. The number of ether oxygens (including phenoxy) is 2. The number of fused-ring (bicyclic) bond motifs is 1. The van der Waals surface area contributed by atoms with Gasteiger partial charge in [-0.3, -0.25) is 4.79 Å². The quantitative estimate of drug-likeness (QED) is 0.446. The van der Waals surface area contributed by atoms with E-state index in [-0.39, 0.29) is 12.7 Å². The lowest BCUT2D eigenvalue weighted by Gasteiger charge is -2.05. The largest absolute Gasteiger partial charge is 0.454 e. The predicted molar refractivity (Wildman–Crippen MR) is 128 cm³/mol. The SMILES string of the molecule is Cc1cccc(NC(=O)c2sc(-n3nc(C)c(Cc4ccc5c(c4)OCO5)c3C)nc2C)c1. The Morgan fingerprint density at radius 2 is 1.88 bits per heavy atom. The summed E-state index contributed by atoms with van der Waals surface area (Å²) in [6, 6.07) is 13.7. The van der Waals surface area contributed by atoms with Crippen LogP contribution in [-0.4, -0.2) is 27.5 Å². The van der Waals surface area contributed by atoms with Gasteiger partial charge in [0.1, 0.15) is 4.88 Å². The number of nitrogens with one attached hydrogen (secondary N) is 1. The Balaban J connectivity index is 1.40. The molecule has 0 saturated carbocycles. The van der Waals surface area contributed by atoms with Gasteiger partial charge < -0.3 is 14.8 Å². The molecule has 0 radical (unpaired) electrons. The zero-order valence-electron chi connectivity index (χ0n) is 18.9. The highest BCUT2D eigenvalue weighted by molar-refractivity contribution is 7.16. The van der Waals surface area contributed by atoms with Gasteiger partial charge in [-0.2, -0.15) is 5.10 Å². The number of hydrogen-bond donors (Lipinski definition) is 1. The zero-order valence-corrected chi connectivity index (χ0v) is 19.7. The lowest BCUT2D eigenvalue weighted by atomic mass is 10.0. The first-order chi connectivity index (χ1) is 15.9. The molecule has 0 bridgehead atoms. The first-order valence-corrected chi connectivity index (χ1v) is 11.5. The van der Waals surface area contributed by atoms with E-state index in [9.17, 15) is 4.79 Å². The summed E-state index contributed by atoms with van der Waals surface area (Å²) in [5.41, 5.74) is 6.74. The van der Waals surface area contributed by atoms with E-state index in [4.69, 9.17) is 14.6 Å². The van der Waals surface area contributed by atoms with Gasteiger partial charge in [-0.05, 0) is 63.1 Å². The standard InChI is InChI=1S/C25H24N4O3S/c1-14-6-5-7-19(10-14)27-24(30)23-16(3)26-25(33-23)29-17(4)20(15(2)28-29)11-18-8-9-21-22(12-18)32-13-31-21/h5-10,12H,11,13H2,1-4H3,(H,27,30). The maximum absolute atomic E-state index is 12.9. The molecule has 1 aliphatic heterocycles. The minimum Gasteiger partial charge on any atom is -0.454 e. The lowest BCUT2D eigenvalue weighted by molar-refractivity contribution is 0.103. The number of carbonyl (C=O) groups excluding carboxylic acids is 1. The van der Waals surface area contributed by atoms with Crippen LogP contribution in [-0.2, 0) is 6.42 Å². The van der Waals surface area contributed by atoms with Crippen molar-refractivity contribution in [3.8, 4) is 16.6 Å². The van der Waals surface area contributed by atoms with Crippen LogP contribution >= 0.6 is 11.3 Å². The van der Waals surface area contributed by atoms with Crippen molar-refractivity contribution in [1.29, 1.82) is 0 Å². The molecule has 0 saturated heterocycles. The summed E-state index contributed by atoms with van der Waals surface area (Å²) in [4.78, 5) is 18.1. The summed E-state index contributed by atoms with van der Waals surface area (Å²) in [5, 5.41) is 8.38. The number of nitrogens with zero attached hydrogens (tertiary/aromatic N) is 3. The number of thiazole rings is 1. The molecule has 0 unspecified atom stereocenters. The molecule has 0 spiro atoms. The molecule has 1 N–H and O–H groups in total. The molecule has 3 heterocycles. The number of anilines is 1. The van der Waals surface area contributed by atoms with Crippen LogP contribution in [0.1, 0.15) is 43.4 Å². The van der Waals surface area contributed by atoms with Crippen molar-refractivity contribution in [1.82, 2.24) is 14.8 Å². The van der Waals surface area contributed by atoms with Crippen molar-refractivity contribution in [2.24, 2.45) is 0 Å². The van der Waals surface area contributed by atoms with Crippen LogP contribution in [0.3, 0.4) is 0 Å². The Kier molecular flexibility index (Phi) is 5.38. The van der Waals surface area contributed by atoms with Gasteiger partial charge in [0.2, 0.25) is 11.9 Å². The number of amides is 1. The Hall–Kier alpha value is -3.65. The van der Waals surface area contributed by atoms with Crippen molar-refractivity contribution >= 4 is 22.9 Å². The van der Waals surface area contributed by atoms with Crippen molar-refractivity contribution in [3.63, 3.8) is 0 Å². The maximum Gasteiger partial charge on any atom is 0.267 e. The highest BCUT2D eigenvalue weighted by atomic mass is 32.1. The van der Waals surface area contributed by atoms with Gasteiger partial charge in [0.05, 0.1) is 11.4 Å². The lowest BCUT2D eigenvalue weighted by Crippen LogP contribution is -2.11. The second kappa shape index (κ2) is 8.37. The monoisotopic (exact) mass is 460 g/mol.